The summed E-state index contributed by atoms with van der Waals surface area (Å²) in [5.41, 5.74) is 1.33. The zero-order valence-corrected chi connectivity index (χ0v) is 8.77. The Bertz CT molecular complexity index is 317. The average molecular weight is 189 g/mol. The molecule has 0 atom stereocenters. The van der Waals surface area contributed by atoms with Gasteiger partial charge >= 0.3 is 0 Å². The lowest BCUT2D eigenvalue weighted by Gasteiger charge is -1.86. The van der Waals surface area contributed by atoms with Crippen molar-refractivity contribution >= 4 is 5.71 Å². The van der Waals surface area contributed by atoms with Crippen molar-refractivity contribution in [2.24, 2.45) is 0 Å². The summed E-state index contributed by atoms with van der Waals surface area (Å²) in [6, 6.07) is 0. The van der Waals surface area contributed by atoms with E-state index in [2.05, 4.69) is 41.4 Å². The van der Waals surface area contributed by atoms with Crippen molar-refractivity contribution in [3.63, 3.8) is 0 Å². The third-order valence-corrected chi connectivity index (χ3v) is 1.99. The van der Waals surface area contributed by atoms with Crippen LogP contribution in [-0.4, -0.2) is 24.4 Å². The Morgan fingerprint density at radius 3 is 2.71 bits per heavy atom. The highest BCUT2D eigenvalue weighted by Crippen LogP contribution is 1.99. The van der Waals surface area contributed by atoms with Crippen molar-refractivity contribution in [1.29, 1.82) is 0 Å². The van der Waals surface area contributed by atoms with Gasteiger partial charge < -0.3 is 5.32 Å². The molecule has 1 aliphatic heterocycles. The second kappa shape index (κ2) is 5.97. The van der Waals surface area contributed by atoms with Gasteiger partial charge in [0.2, 0.25) is 0 Å². The molecular weight excluding hydrogens is 172 g/mol. The van der Waals surface area contributed by atoms with Crippen molar-refractivity contribution in [3.8, 4) is 0 Å². The van der Waals surface area contributed by atoms with Crippen molar-refractivity contribution in [2.45, 2.75) is 6.42 Å². The summed E-state index contributed by atoms with van der Waals surface area (Å²) < 4.78 is 2.13. The van der Waals surface area contributed by atoms with E-state index in [9.17, 15) is 0 Å². The maximum atomic E-state index is 2.93. The fourth-order valence-corrected chi connectivity index (χ4v) is 1.20. The van der Waals surface area contributed by atoms with E-state index in [1.165, 1.54) is 5.71 Å². The molecule has 0 aromatic heterocycles. The van der Waals surface area contributed by atoms with Crippen molar-refractivity contribution in [1.82, 2.24) is 5.32 Å². The first kappa shape index (κ1) is 10.5. The van der Waals surface area contributed by atoms with Crippen LogP contribution in [-0.2, 0) is 0 Å². The van der Waals surface area contributed by atoms with E-state index in [1.54, 1.807) is 0 Å². The summed E-state index contributed by atoms with van der Waals surface area (Å²) in [5, 5.41) is 2.93. The Balaban J connectivity index is 2.38. The first-order valence-corrected chi connectivity index (χ1v) is 4.77. The molecule has 0 unspecified atom stereocenters. The molecule has 0 spiro atoms. The van der Waals surface area contributed by atoms with Crippen LogP contribution in [0.4, 0.5) is 0 Å². The Morgan fingerprint density at radius 1 is 1.29 bits per heavy atom. The van der Waals surface area contributed by atoms with Crippen LogP contribution in [0.2, 0.25) is 0 Å². The topological polar surface area (TPSA) is 15.0 Å². The molecule has 14 heavy (non-hydrogen) atoms. The average Bonchev–Trinajstić information content (AvgIpc) is 2.58. The zero-order valence-electron chi connectivity index (χ0n) is 8.77. The van der Waals surface area contributed by atoms with Crippen molar-refractivity contribution in [3.05, 3.63) is 48.9 Å². The van der Waals surface area contributed by atoms with Crippen LogP contribution in [0.1, 0.15) is 6.42 Å². The summed E-state index contributed by atoms with van der Waals surface area (Å²) in [6.07, 6.45) is 17.3. The highest BCUT2D eigenvalue weighted by atomic mass is 15.0. The molecular formula is C12H17N2+. The first-order chi connectivity index (χ1) is 6.84. The molecule has 0 amide bonds. The Labute approximate surface area is 85.6 Å². The van der Waals surface area contributed by atoms with E-state index >= 15 is 0 Å². The van der Waals surface area contributed by atoms with Gasteiger partial charge in [0.25, 0.3) is 0 Å². The van der Waals surface area contributed by atoms with Crippen LogP contribution in [0, 0.1) is 0 Å². The van der Waals surface area contributed by atoms with Gasteiger partial charge in [-0.25, -0.2) is 4.58 Å². The van der Waals surface area contributed by atoms with Gasteiger partial charge in [-0.1, -0.05) is 18.2 Å². The largest absolute Gasteiger partial charge is 0.394 e. The minimum absolute atomic E-state index is 1.03. The fourth-order valence-electron chi connectivity index (χ4n) is 1.20. The maximum Gasteiger partial charge on any atom is 0.185 e. The highest BCUT2D eigenvalue weighted by molar-refractivity contribution is 5.93. The van der Waals surface area contributed by atoms with E-state index in [1.807, 2.05) is 31.5 Å². The SMILES string of the molecule is CNC=CC=CC=CC1=[N+](C)C=CC1. The summed E-state index contributed by atoms with van der Waals surface area (Å²) in [5.74, 6) is 0. The molecule has 0 fully saturated rings. The van der Waals surface area contributed by atoms with Crippen LogP contribution < -0.4 is 5.32 Å². The Kier molecular flexibility index (Phi) is 4.48. The molecule has 0 aromatic rings. The minimum Gasteiger partial charge on any atom is -0.394 e. The maximum absolute atomic E-state index is 2.93. The summed E-state index contributed by atoms with van der Waals surface area (Å²) in [6.45, 7) is 0. The molecule has 1 rings (SSSR count). The molecule has 0 saturated heterocycles. The quantitative estimate of drug-likeness (QED) is 0.526. The normalized spacial score (nSPS) is 17.0. The smallest absolute Gasteiger partial charge is 0.185 e. The molecule has 74 valence electrons. The summed E-state index contributed by atoms with van der Waals surface area (Å²) in [4.78, 5) is 0. The van der Waals surface area contributed by atoms with Crippen LogP contribution in [0.15, 0.2) is 48.9 Å². The van der Waals surface area contributed by atoms with E-state index < -0.39 is 0 Å². The third kappa shape index (κ3) is 3.44. The molecule has 0 saturated carbocycles. The van der Waals surface area contributed by atoms with E-state index in [0.717, 1.165) is 6.42 Å². The molecule has 1 heterocycles. The number of hydrogen-bond acceptors (Lipinski definition) is 1. The van der Waals surface area contributed by atoms with Crippen LogP contribution in [0.5, 0.6) is 0 Å². The standard InChI is InChI=1S/C12H16N2/c1-13-10-6-4-3-5-8-12-9-7-11-14(12)2/h3-8,10-11H,9H2,1-2H3/p+1. The predicted molar refractivity (Wildman–Crippen MR) is 61.4 cm³/mol. The predicted octanol–water partition coefficient (Wildman–Crippen LogP) is 1.83. The molecule has 0 aliphatic carbocycles. The first-order valence-electron chi connectivity index (χ1n) is 4.77. The lowest BCUT2D eigenvalue weighted by Crippen LogP contribution is -2.02. The van der Waals surface area contributed by atoms with Crippen molar-refractivity contribution in [2.75, 3.05) is 14.1 Å². The molecule has 0 aromatic carbocycles. The second-order valence-electron chi connectivity index (χ2n) is 3.08. The van der Waals surface area contributed by atoms with E-state index in [4.69, 9.17) is 0 Å². The summed E-state index contributed by atoms with van der Waals surface area (Å²) in [7, 11) is 3.95. The number of rotatable bonds is 4. The van der Waals surface area contributed by atoms with Gasteiger partial charge in [0.1, 0.15) is 7.05 Å². The van der Waals surface area contributed by atoms with Gasteiger partial charge in [0, 0.05) is 13.1 Å². The Hall–Kier alpha value is -1.57. The van der Waals surface area contributed by atoms with Gasteiger partial charge in [-0.2, -0.15) is 0 Å². The van der Waals surface area contributed by atoms with Crippen LogP contribution >= 0.6 is 0 Å². The van der Waals surface area contributed by atoms with Gasteiger partial charge in [-0.05, 0) is 18.4 Å². The molecule has 0 bridgehead atoms. The molecule has 1 N–H and O–H groups in total. The highest BCUT2D eigenvalue weighted by Gasteiger charge is 2.08. The minimum atomic E-state index is 1.03. The number of nitrogens with one attached hydrogen (secondary N) is 1. The fraction of sp³-hybridized carbons (Fsp3) is 0.250. The van der Waals surface area contributed by atoms with E-state index in [-0.39, 0.29) is 0 Å². The monoisotopic (exact) mass is 189 g/mol. The summed E-state index contributed by atoms with van der Waals surface area (Å²) >= 11 is 0. The molecule has 2 heteroatoms. The van der Waals surface area contributed by atoms with Gasteiger partial charge in [-0.15, -0.1) is 0 Å². The number of hydrogen-bond donors (Lipinski definition) is 1. The van der Waals surface area contributed by atoms with Crippen LogP contribution in [0.25, 0.3) is 0 Å². The van der Waals surface area contributed by atoms with Gasteiger partial charge in [0.05, 0.1) is 6.42 Å². The number of nitrogens with zero attached hydrogens (tertiary/aromatic N) is 1. The zero-order chi connectivity index (χ0) is 10.2. The molecule has 2 nitrogen and oxygen atoms in total. The van der Waals surface area contributed by atoms with Gasteiger partial charge in [-0.3, -0.25) is 0 Å². The van der Waals surface area contributed by atoms with Crippen LogP contribution in [0.3, 0.4) is 0 Å². The number of allylic oxidation sites excluding steroid dienone is 6. The Morgan fingerprint density at radius 2 is 2.07 bits per heavy atom. The lowest BCUT2D eigenvalue weighted by molar-refractivity contribution is -0.418. The lowest BCUT2D eigenvalue weighted by atomic mass is 10.2. The van der Waals surface area contributed by atoms with Gasteiger partial charge in [0.15, 0.2) is 11.9 Å². The molecule has 0 radical (unpaired) electrons. The van der Waals surface area contributed by atoms with Crippen molar-refractivity contribution < 1.29 is 4.58 Å². The second-order valence-corrected chi connectivity index (χ2v) is 3.08. The van der Waals surface area contributed by atoms with E-state index in [0.29, 0.717) is 0 Å². The molecule has 1 aliphatic rings. The third-order valence-electron chi connectivity index (χ3n) is 1.99.